The maximum atomic E-state index is 12.6. The minimum atomic E-state index is 0.0157. The van der Waals surface area contributed by atoms with Crippen LogP contribution in [0.4, 0.5) is 0 Å². The molecule has 0 amide bonds. The zero-order chi connectivity index (χ0) is 17.2. The van der Waals surface area contributed by atoms with E-state index in [0.29, 0.717) is 42.4 Å². The van der Waals surface area contributed by atoms with Crippen molar-refractivity contribution in [1.29, 1.82) is 0 Å². The molecule has 1 aliphatic carbocycles. The lowest BCUT2D eigenvalue weighted by Gasteiger charge is -2.26. The molecule has 1 N–H and O–H groups in total. The van der Waals surface area contributed by atoms with Gasteiger partial charge in [-0.1, -0.05) is 32.3 Å². The van der Waals surface area contributed by atoms with E-state index in [0.717, 1.165) is 25.0 Å². The number of hydrogen-bond acceptors (Lipinski definition) is 5. The Bertz CT molecular complexity index is 446. The van der Waals surface area contributed by atoms with Crippen molar-refractivity contribution >= 4 is 23.3 Å². The first-order valence-electron chi connectivity index (χ1n) is 8.79. The van der Waals surface area contributed by atoms with Gasteiger partial charge >= 0.3 is 0 Å². The first-order valence-corrected chi connectivity index (χ1v) is 9.84. The van der Waals surface area contributed by atoms with Crippen LogP contribution in [0.3, 0.4) is 0 Å². The lowest BCUT2D eigenvalue weighted by atomic mass is 9.82. The lowest BCUT2D eigenvalue weighted by molar-refractivity contribution is -0.116. The summed E-state index contributed by atoms with van der Waals surface area (Å²) in [4.78, 5) is 17.7. The molecule has 0 saturated heterocycles. The van der Waals surface area contributed by atoms with Crippen LogP contribution in [0.1, 0.15) is 66.2 Å². The van der Waals surface area contributed by atoms with Crippen molar-refractivity contribution < 1.29 is 14.7 Å². The number of carbonyl (C=O) groups excluding carboxylic acids is 1. The second kappa shape index (κ2) is 10.7. The van der Waals surface area contributed by atoms with Gasteiger partial charge in [0.25, 0.3) is 0 Å². The molecule has 1 rings (SSSR count). The molecule has 0 radical (unpaired) electrons. The number of rotatable bonds is 10. The van der Waals surface area contributed by atoms with Crippen molar-refractivity contribution in [3.63, 3.8) is 0 Å². The summed E-state index contributed by atoms with van der Waals surface area (Å²) in [5.74, 6) is 1.54. The van der Waals surface area contributed by atoms with Crippen LogP contribution in [0.5, 0.6) is 0 Å². The van der Waals surface area contributed by atoms with Gasteiger partial charge in [0.2, 0.25) is 0 Å². The van der Waals surface area contributed by atoms with Crippen molar-refractivity contribution in [3.05, 3.63) is 11.3 Å². The molecule has 5 heteroatoms. The molecule has 0 bridgehead atoms. The fourth-order valence-corrected chi connectivity index (χ4v) is 3.97. The second-order valence-electron chi connectivity index (χ2n) is 6.08. The highest BCUT2D eigenvalue weighted by Crippen LogP contribution is 2.32. The summed E-state index contributed by atoms with van der Waals surface area (Å²) in [6.45, 7) is 8.76. The van der Waals surface area contributed by atoms with Crippen molar-refractivity contribution in [1.82, 2.24) is 0 Å². The molecule has 0 saturated carbocycles. The molecule has 1 aliphatic rings. The van der Waals surface area contributed by atoms with Gasteiger partial charge in [0.15, 0.2) is 5.78 Å². The number of aliphatic hydroxyl groups excluding tert-OH is 1. The van der Waals surface area contributed by atoms with Crippen LogP contribution in [0.2, 0.25) is 0 Å². The molecule has 132 valence electrons. The molecule has 23 heavy (non-hydrogen) atoms. The normalized spacial score (nSPS) is 20.8. The van der Waals surface area contributed by atoms with Crippen LogP contribution in [0, 0.1) is 5.92 Å². The number of carbonyl (C=O) groups is 1. The van der Waals surface area contributed by atoms with E-state index in [1.807, 2.05) is 18.7 Å². The summed E-state index contributed by atoms with van der Waals surface area (Å²) in [5, 5.41) is 15.0. The van der Waals surface area contributed by atoms with Crippen LogP contribution in [0.15, 0.2) is 16.5 Å². The Hall–Kier alpha value is -0.970. The average Bonchev–Trinajstić information content (AvgIpc) is 2.48. The summed E-state index contributed by atoms with van der Waals surface area (Å²) in [7, 11) is 0. The van der Waals surface area contributed by atoms with Gasteiger partial charge in [-0.2, -0.15) is 11.8 Å². The van der Waals surface area contributed by atoms with Gasteiger partial charge in [-0.05, 0) is 37.9 Å². The SMILES string of the molecule is CCCC/C(=N\OCC)C1=C(O)CC(CC(C)SCC)CC1=O. The summed E-state index contributed by atoms with van der Waals surface area (Å²) in [5.41, 5.74) is 1.03. The molecule has 0 aromatic rings. The standard InChI is InChI=1S/C18H31NO3S/c1-5-8-9-15(19-22-6-2)18-16(20)11-14(12-17(18)21)10-13(4)23-7-3/h13-14,20H,5-12H2,1-4H3/b19-15+. The quantitative estimate of drug-likeness (QED) is 0.454. The Labute approximate surface area is 144 Å². The highest BCUT2D eigenvalue weighted by atomic mass is 32.2. The highest BCUT2D eigenvalue weighted by Gasteiger charge is 2.31. The number of thioether (sulfide) groups is 1. The lowest BCUT2D eigenvalue weighted by Crippen LogP contribution is -2.26. The number of Topliss-reactive ketones (excluding diaryl/α,β-unsaturated/α-hetero) is 1. The molecule has 0 heterocycles. The Morgan fingerprint density at radius 3 is 2.70 bits per heavy atom. The first kappa shape index (κ1) is 20.1. The number of ketones is 1. The number of hydrogen-bond donors (Lipinski definition) is 1. The van der Waals surface area contributed by atoms with Crippen molar-refractivity contribution in [2.24, 2.45) is 11.1 Å². The van der Waals surface area contributed by atoms with Gasteiger partial charge in [0.1, 0.15) is 12.4 Å². The van der Waals surface area contributed by atoms with E-state index in [4.69, 9.17) is 4.84 Å². The van der Waals surface area contributed by atoms with E-state index in [9.17, 15) is 9.90 Å². The first-order chi connectivity index (χ1) is 11.0. The third kappa shape index (κ3) is 6.58. The third-order valence-electron chi connectivity index (χ3n) is 4.00. The Morgan fingerprint density at radius 2 is 2.13 bits per heavy atom. The molecule has 2 unspecified atom stereocenters. The van der Waals surface area contributed by atoms with E-state index in [1.165, 1.54) is 0 Å². The van der Waals surface area contributed by atoms with Gasteiger partial charge in [-0.25, -0.2) is 0 Å². The summed E-state index contributed by atoms with van der Waals surface area (Å²) >= 11 is 1.90. The van der Waals surface area contributed by atoms with Crippen LogP contribution in [-0.4, -0.2) is 34.2 Å². The Balaban J connectivity index is 2.86. The van der Waals surface area contributed by atoms with Gasteiger partial charge in [-0.3, -0.25) is 4.79 Å². The molecule has 0 aliphatic heterocycles. The largest absolute Gasteiger partial charge is 0.511 e. The second-order valence-corrected chi connectivity index (χ2v) is 7.80. The fraction of sp³-hybridized carbons (Fsp3) is 0.778. The van der Waals surface area contributed by atoms with Crippen molar-refractivity contribution in [2.75, 3.05) is 12.4 Å². The minimum absolute atomic E-state index is 0.0157. The molecule has 0 aromatic carbocycles. The van der Waals surface area contributed by atoms with Crippen LogP contribution >= 0.6 is 11.8 Å². The van der Waals surface area contributed by atoms with Gasteiger partial charge in [0, 0.05) is 18.1 Å². The van der Waals surface area contributed by atoms with Crippen LogP contribution in [0.25, 0.3) is 0 Å². The molecule has 2 atom stereocenters. The molecule has 0 spiro atoms. The monoisotopic (exact) mass is 341 g/mol. The van der Waals surface area contributed by atoms with Gasteiger partial charge in [0.05, 0.1) is 11.3 Å². The summed E-state index contributed by atoms with van der Waals surface area (Å²) in [6.07, 6.45) is 4.67. The number of oxime groups is 1. The van der Waals surface area contributed by atoms with E-state index < -0.39 is 0 Å². The fourth-order valence-electron chi connectivity index (χ4n) is 2.99. The minimum Gasteiger partial charge on any atom is -0.511 e. The topological polar surface area (TPSA) is 58.9 Å². The maximum absolute atomic E-state index is 12.6. The van der Waals surface area contributed by atoms with Gasteiger partial charge < -0.3 is 9.94 Å². The van der Waals surface area contributed by atoms with Crippen molar-refractivity contribution in [2.45, 2.75) is 71.5 Å². The molecular formula is C18H31NO3S. The number of nitrogens with zero attached hydrogens (tertiary/aromatic N) is 1. The Morgan fingerprint density at radius 1 is 1.39 bits per heavy atom. The van der Waals surface area contributed by atoms with E-state index in [1.54, 1.807) is 0 Å². The Kier molecular flexibility index (Phi) is 9.37. The predicted octanol–water partition coefficient (Wildman–Crippen LogP) is 4.89. The number of aliphatic hydroxyl groups is 1. The summed E-state index contributed by atoms with van der Waals surface area (Å²) < 4.78 is 0. The zero-order valence-corrected chi connectivity index (χ0v) is 15.7. The smallest absolute Gasteiger partial charge is 0.168 e. The van der Waals surface area contributed by atoms with Crippen LogP contribution < -0.4 is 0 Å². The maximum Gasteiger partial charge on any atom is 0.168 e. The van der Waals surface area contributed by atoms with E-state index in [-0.39, 0.29) is 17.5 Å². The van der Waals surface area contributed by atoms with E-state index in [2.05, 4.69) is 25.9 Å². The molecule has 0 aromatic heterocycles. The van der Waals surface area contributed by atoms with Crippen molar-refractivity contribution in [3.8, 4) is 0 Å². The molecular weight excluding hydrogens is 310 g/mol. The van der Waals surface area contributed by atoms with E-state index >= 15 is 0 Å². The third-order valence-corrected chi connectivity index (χ3v) is 5.09. The average molecular weight is 342 g/mol. The predicted molar refractivity (Wildman–Crippen MR) is 98.2 cm³/mol. The zero-order valence-electron chi connectivity index (χ0n) is 14.9. The molecule has 0 fully saturated rings. The number of unbranched alkanes of at least 4 members (excludes halogenated alkanes) is 1. The molecule has 4 nitrogen and oxygen atoms in total. The van der Waals surface area contributed by atoms with Gasteiger partial charge in [-0.15, -0.1) is 0 Å². The summed E-state index contributed by atoms with van der Waals surface area (Å²) in [6, 6.07) is 0. The highest BCUT2D eigenvalue weighted by molar-refractivity contribution is 7.99. The van der Waals surface area contributed by atoms with Crippen LogP contribution in [-0.2, 0) is 9.63 Å². The number of allylic oxidation sites excluding steroid dienone is 2.